The summed E-state index contributed by atoms with van der Waals surface area (Å²) in [4.78, 5) is 0. The fraction of sp³-hybridized carbons (Fsp3) is 0.333. The number of halogens is 1. The predicted molar refractivity (Wildman–Crippen MR) is 80.7 cm³/mol. The summed E-state index contributed by atoms with van der Waals surface area (Å²) in [5.41, 5.74) is 0.0839. The smallest absolute Gasteiger partial charge is 0.136 e. The van der Waals surface area contributed by atoms with Crippen LogP contribution in [-0.2, 0) is 12.1 Å². The van der Waals surface area contributed by atoms with Crippen LogP contribution < -0.4 is 10.1 Å². The van der Waals surface area contributed by atoms with E-state index in [4.69, 9.17) is 9.15 Å². The summed E-state index contributed by atoms with van der Waals surface area (Å²) in [6, 6.07) is 9.42. The fourth-order valence-corrected chi connectivity index (χ4v) is 2.53. The summed E-state index contributed by atoms with van der Waals surface area (Å²) in [5, 5.41) is 13.5. The SMILES string of the molecule is COc1ccc(CNCC(C)(O)c2ccco2)cc1Br. The van der Waals surface area contributed by atoms with Crippen LogP contribution >= 0.6 is 15.9 Å². The van der Waals surface area contributed by atoms with Gasteiger partial charge in [0.2, 0.25) is 0 Å². The molecule has 0 aliphatic carbocycles. The highest BCUT2D eigenvalue weighted by atomic mass is 79.9. The maximum Gasteiger partial charge on any atom is 0.136 e. The molecule has 2 N–H and O–H groups in total. The third-order valence-corrected chi connectivity index (χ3v) is 3.69. The van der Waals surface area contributed by atoms with Gasteiger partial charge >= 0.3 is 0 Å². The average Bonchev–Trinajstić information content (AvgIpc) is 2.93. The number of nitrogens with one attached hydrogen (secondary N) is 1. The van der Waals surface area contributed by atoms with Gasteiger partial charge in [-0.25, -0.2) is 0 Å². The Morgan fingerprint density at radius 1 is 1.40 bits per heavy atom. The van der Waals surface area contributed by atoms with Crippen molar-refractivity contribution in [3.05, 3.63) is 52.4 Å². The fourth-order valence-electron chi connectivity index (χ4n) is 1.94. The van der Waals surface area contributed by atoms with Crippen LogP contribution in [0.4, 0.5) is 0 Å². The second kappa shape index (κ2) is 6.43. The van der Waals surface area contributed by atoms with Crippen LogP contribution in [0.2, 0.25) is 0 Å². The highest BCUT2D eigenvalue weighted by Gasteiger charge is 2.25. The summed E-state index contributed by atoms with van der Waals surface area (Å²) in [6.07, 6.45) is 1.56. The molecule has 2 aromatic rings. The van der Waals surface area contributed by atoms with Crippen LogP contribution in [0.5, 0.6) is 5.75 Å². The molecule has 2 rings (SSSR count). The molecular formula is C15H18BrNO3. The first-order valence-corrected chi connectivity index (χ1v) is 7.12. The maximum atomic E-state index is 10.3. The first-order valence-electron chi connectivity index (χ1n) is 6.32. The van der Waals surface area contributed by atoms with E-state index in [0.29, 0.717) is 18.8 Å². The molecule has 20 heavy (non-hydrogen) atoms. The van der Waals surface area contributed by atoms with Crippen molar-refractivity contribution in [3.63, 3.8) is 0 Å². The number of aliphatic hydroxyl groups is 1. The first kappa shape index (κ1) is 15.1. The maximum absolute atomic E-state index is 10.3. The van der Waals surface area contributed by atoms with E-state index in [1.54, 1.807) is 32.4 Å². The van der Waals surface area contributed by atoms with Gasteiger partial charge in [-0.15, -0.1) is 0 Å². The van der Waals surface area contributed by atoms with Crippen molar-refractivity contribution in [1.82, 2.24) is 5.32 Å². The van der Waals surface area contributed by atoms with Gasteiger partial charge in [0.05, 0.1) is 17.8 Å². The number of ether oxygens (including phenoxy) is 1. The molecule has 1 heterocycles. The van der Waals surface area contributed by atoms with E-state index in [-0.39, 0.29) is 0 Å². The molecule has 0 fully saturated rings. The van der Waals surface area contributed by atoms with E-state index in [1.165, 1.54) is 0 Å². The molecule has 0 aliphatic rings. The lowest BCUT2D eigenvalue weighted by molar-refractivity contribution is 0.0340. The Balaban J connectivity index is 1.91. The van der Waals surface area contributed by atoms with Gasteiger partial charge in [0.1, 0.15) is 17.1 Å². The lowest BCUT2D eigenvalue weighted by Gasteiger charge is -2.21. The predicted octanol–water partition coefficient (Wildman–Crippen LogP) is 3.05. The molecule has 0 aliphatic heterocycles. The van der Waals surface area contributed by atoms with Gasteiger partial charge in [-0.05, 0) is 52.7 Å². The topological polar surface area (TPSA) is 54.6 Å². The lowest BCUT2D eigenvalue weighted by Crippen LogP contribution is -2.34. The van der Waals surface area contributed by atoms with Gasteiger partial charge in [-0.3, -0.25) is 0 Å². The molecule has 1 unspecified atom stereocenters. The summed E-state index contributed by atoms with van der Waals surface area (Å²) in [7, 11) is 1.64. The summed E-state index contributed by atoms with van der Waals surface area (Å²) >= 11 is 3.45. The molecule has 0 amide bonds. The lowest BCUT2D eigenvalue weighted by atomic mass is 10.0. The van der Waals surface area contributed by atoms with Crippen molar-refractivity contribution in [3.8, 4) is 5.75 Å². The van der Waals surface area contributed by atoms with Crippen LogP contribution in [0.15, 0.2) is 45.5 Å². The third kappa shape index (κ3) is 3.62. The molecule has 0 spiro atoms. The number of hydrogen-bond acceptors (Lipinski definition) is 4. The van der Waals surface area contributed by atoms with Crippen LogP contribution in [0.3, 0.4) is 0 Å². The van der Waals surface area contributed by atoms with E-state index in [0.717, 1.165) is 15.8 Å². The Labute approximate surface area is 126 Å². The Hall–Kier alpha value is -1.30. The standard InChI is InChI=1S/C15H18BrNO3/c1-15(18,14-4-3-7-20-14)10-17-9-11-5-6-13(19-2)12(16)8-11/h3-8,17-18H,9-10H2,1-2H3. The van der Waals surface area contributed by atoms with E-state index in [9.17, 15) is 5.11 Å². The molecule has 4 nitrogen and oxygen atoms in total. The number of rotatable bonds is 6. The molecule has 1 aromatic heterocycles. The number of hydrogen-bond donors (Lipinski definition) is 2. The summed E-state index contributed by atoms with van der Waals surface area (Å²) in [5.74, 6) is 1.36. The van der Waals surface area contributed by atoms with E-state index >= 15 is 0 Å². The van der Waals surface area contributed by atoms with Crippen LogP contribution in [0, 0.1) is 0 Å². The molecule has 0 radical (unpaired) electrons. The van der Waals surface area contributed by atoms with Crippen molar-refractivity contribution in [2.45, 2.75) is 19.1 Å². The number of furan rings is 1. The van der Waals surface area contributed by atoms with Crippen LogP contribution in [0.1, 0.15) is 18.2 Å². The van der Waals surface area contributed by atoms with E-state index < -0.39 is 5.60 Å². The Kier molecular flexibility index (Phi) is 4.86. The van der Waals surface area contributed by atoms with Crippen molar-refractivity contribution in [2.24, 2.45) is 0 Å². The van der Waals surface area contributed by atoms with Gasteiger partial charge in [-0.1, -0.05) is 6.07 Å². The molecule has 0 bridgehead atoms. The van der Waals surface area contributed by atoms with Crippen LogP contribution in [-0.4, -0.2) is 18.8 Å². The van der Waals surface area contributed by atoms with Gasteiger partial charge < -0.3 is 19.6 Å². The Bertz CT molecular complexity index is 552. The zero-order valence-electron chi connectivity index (χ0n) is 11.5. The van der Waals surface area contributed by atoms with Crippen molar-refractivity contribution < 1.29 is 14.3 Å². The number of methoxy groups -OCH3 is 1. The van der Waals surface area contributed by atoms with Crippen LogP contribution in [0.25, 0.3) is 0 Å². The van der Waals surface area contributed by atoms with Gasteiger partial charge in [0.25, 0.3) is 0 Å². The van der Waals surface area contributed by atoms with Gasteiger partial charge in [0, 0.05) is 13.1 Å². The second-order valence-electron chi connectivity index (χ2n) is 4.82. The molecule has 108 valence electrons. The third-order valence-electron chi connectivity index (χ3n) is 3.07. The van der Waals surface area contributed by atoms with Gasteiger partial charge in [-0.2, -0.15) is 0 Å². The van der Waals surface area contributed by atoms with Crippen molar-refractivity contribution >= 4 is 15.9 Å². The van der Waals surface area contributed by atoms with E-state index in [1.807, 2.05) is 18.2 Å². The number of benzene rings is 1. The highest BCUT2D eigenvalue weighted by Crippen LogP contribution is 2.25. The molecule has 1 aromatic carbocycles. The largest absolute Gasteiger partial charge is 0.496 e. The zero-order valence-corrected chi connectivity index (χ0v) is 13.1. The van der Waals surface area contributed by atoms with Gasteiger partial charge in [0.15, 0.2) is 0 Å². The molecule has 0 saturated heterocycles. The molecule has 5 heteroatoms. The quantitative estimate of drug-likeness (QED) is 0.849. The average molecular weight is 340 g/mol. The van der Waals surface area contributed by atoms with Crippen molar-refractivity contribution in [1.29, 1.82) is 0 Å². The molecular weight excluding hydrogens is 322 g/mol. The zero-order chi connectivity index (χ0) is 14.6. The normalized spacial score (nSPS) is 14.0. The van der Waals surface area contributed by atoms with E-state index in [2.05, 4.69) is 21.2 Å². The highest BCUT2D eigenvalue weighted by molar-refractivity contribution is 9.10. The minimum atomic E-state index is -1.02. The monoisotopic (exact) mass is 339 g/mol. The summed E-state index contributed by atoms with van der Waals surface area (Å²) < 4.78 is 11.3. The first-order chi connectivity index (χ1) is 9.53. The Morgan fingerprint density at radius 3 is 2.80 bits per heavy atom. The Morgan fingerprint density at radius 2 is 2.20 bits per heavy atom. The molecule has 1 atom stereocenters. The second-order valence-corrected chi connectivity index (χ2v) is 5.68. The summed E-state index contributed by atoms with van der Waals surface area (Å²) in [6.45, 7) is 2.78. The minimum Gasteiger partial charge on any atom is -0.496 e. The molecule has 0 saturated carbocycles. The minimum absolute atomic E-state index is 0.407. The van der Waals surface area contributed by atoms with Crippen molar-refractivity contribution in [2.75, 3.05) is 13.7 Å².